The van der Waals surface area contributed by atoms with Crippen LogP contribution in [0.25, 0.3) is 0 Å². The molecule has 0 bridgehead atoms. The fourth-order valence-electron chi connectivity index (χ4n) is 10.2. The number of benzene rings is 5. The first kappa shape index (κ1) is 44.6. The number of hydrogen-bond donors (Lipinski definition) is 1. The van der Waals surface area contributed by atoms with Crippen molar-refractivity contribution in [2.45, 2.75) is 82.5 Å². The highest BCUT2D eigenvalue weighted by atomic mass is 28.4. The highest BCUT2D eigenvalue weighted by molar-refractivity contribution is 6.72. The second-order valence-electron chi connectivity index (χ2n) is 18.0. The Balaban J connectivity index is 1.11. The molecular weight excluding hydrogens is 852 g/mol. The lowest BCUT2D eigenvalue weighted by Crippen LogP contribution is -2.45. The number of halogens is 1. The van der Waals surface area contributed by atoms with Crippen LogP contribution < -0.4 is 14.9 Å². The second kappa shape index (κ2) is 18.3. The third-order valence-electron chi connectivity index (χ3n) is 13.3. The van der Waals surface area contributed by atoms with Gasteiger partial charge in [-0.1, -0.05) is 110 Å². The van der Waals surface area contributed by atoms with Gasteiger partial charge in [0.15, 0.2) is 5.60 Å². The summed E-state index contributed by atoms with van der Waals surface area (Å²) in [6, 6.07) is 41.5. The van der Waals surface area contributed by atoms with Gasteiger partial charge in [-0.15, -0.1) is 0 Å². The summed E-state index contributed by atoms with van der Waals surface area (Å²) < 4.78 is 24.0. The fourth-order valence-corrected chi connectivity index (χ4v) is 12.7. The minimum Gasteiger partial charge on any atom is -0.395 e. The summed E-state index contributed by atoms with van der Waals surface area (Å²) in [7, 11) is -3.70. The van der Waals surface area contributed by atoms with Crippen LogP contribution in [0.1, 0.15) is 66.8 Å². The Labute approximate surface area is 385 Å². The molecule has 0 radical (unpaired) electrons. The second-order valence-corrected chi connectivity index (χ2v) is 21.8. The van der Waals surface area contributed by atoms with E-state index in [9.17, 15) is 19.5 Å². The summed E-state index contributed by atoms with van der Waals surface area (Å²) in [5.74, 6) is -1.85. The Morgan fingerprint density at radius 3 is 1.89 bits per heavy atom. The molecule has 4 aliphatic rings. The molecule has 0 aliphatic carbocycles. The summed E-state index contributed by atoms with van der Waals surface area (Å²) in [6.07, 6.45) is 0.297. The van der Waals surface area contributed by atoms with Crippen LogP contribution in [0.3, 0.4) is 0 Å². The number of hydrogen-bond acceptors (Lipinski definition) is 8. The molecule has 0 unspecified atom stereocenters. The molecule has 1 saturated heterocycles. The quantitative estimate of drug-likeness (QED) is 0.0931. The van der Waals surface area contributed by atoms with Crippen molar-refractivity contribution < 1.29 is 33.1 Å². The Morgan fingerprint density at radius 2 is 1.32 bits per heavy atom. The Hall–Kier alpha value is -6.61. The minimum absolute atomic E-state index is 0.0669. The molecule has 5 aromatic rings. The molecule has 9 rings (SSSR count). The Bertz CT molecular complexity index is 2710. The van der Waals surface area contributed by atoms with Crippen LogP contribution in [-0.4, -0.2) is 72.7 Å². The number of rotatable bonds is 13. The van der Waals surface area contributed by atoms with E-state index in [4.69, 9.17) is 14.9 Å². The number of aliphatic hydroxyl groups is 1. The van der Waals surface area contributed by atoms with Crippen LogP contribution in [0.15, 0.2) is 144 Å². The summed E-state index contributed by atoms with van der Waals surface area (Å²) in [4.78, 5) is 60.1. The van der Waals surface area contributed by atoms with Crippen molar-refractivity contribution in [2.75, 3.05) is 28.1 Å². The van der Waals surface area contributed by atoms with E-state index in [0.29, 0.717) is 41.0 Å². The van der Waals surface area contributed by atoms with Crippen molar-refractivity contribution in [3.05, 3.63) is 161 Å². The van der Waals surface area contributed by atoms with E-state index in [0.717, 1.165) is 28.1 Å². The van der Waals surface area contributed by atoms with Crippen molar-refractivity contribution in [1.29, 1.82) is 0 Å². The van der Waals surface area contributed by atoms with Gasteiger partial charge in [-0.25, -0.2) is 10.0 Å². The fraction of sp³-hybridized carbons (Fsp3) is 0.308. The lowest BCUT2D eigenvalue weighted by Gasteiger charge is -2.31. The van der Waals surface area contributed by atoms with Gasteiger partial charge in [0.05, 0.1) is 54.2 Å². The number of carbonyl (C=O) groups excluding carboxylic acids is 4. The molecule has 14 heteroatoms. The summed E-state index contributed by atoms with van der Waals surface area (Å²) in [6.45, 7) is 5.12. The number of carbonyl (C=O) groups is 4. The third-order valence-corrected chi connectivity index (χ3v) is 15.7. The van der Waals surface area contributed by atoms with Crippen molar-refractivity contribution in [3.63, 3.8) is 0 Å². The molecule has 4 aliphatic heterocycles. The topological polar surface area (TPSA) is 135 Å². The van der Waals surface area contributed by atoms with Crippen LogP contribution in [0.5, 0.6) is 0 Å². The molecule has 66 heavy (non-hydrogen) atoms. The number of nitrogens with zero attached hydrogens (tertiary/aromatic N) is 6. The lowest BCUT2D eigenvalue weighted by atomic mass is 9.82. The molecule has 338 valence electrons. The summed E-state index contributed by atoms with van der Waals surface area (Å²) >= 11 is 0. The van der Waals surface area contributed by atoms with Gasteiger partial charge in [0, 0.05) is 55.8 Å². The summed E-state index contributed by atoms with van der Waals surface area (Å²) in [5, 5.41) is 22.4. The number of fused-ring (bicyclic) bond motifs is 2. The molecule has 4 heterocycles. The highest BCUT2D eigenvalue weighted by Crippen LogP contribution is 2.61. The van der Waals surface area contributed by atoms with Gasteiger partial charge in [0.25, 0.3) is 5.91 Å². The molecule has 1 N–H and O–H groups in total. The number of amides is 4. The van der Waals surface area contributed by atoms with E-state index in [1.807, 2.05) is 122 Å². The predicted molar refractivity (Wildman–Crippen MR) is 255 cm³/mol. The molecule has 0 saturated carbocycles. The number of aliphatic hydroxyl groups excluding tert-OH is 1. The van der Waals surface area contributed by atoms with Gasteiger partial charge in [-0.2, -0.15) is 10.2 Å². The molecule has 4 amide bonds. The molecule has 0 aromatic heterocycles. The van der Waals surface area contributed by atoms with Gasteiger partial charge >= 0.3 is 0 Å². The maximum Gasteiger partial charge on any atom is 0.264 e. The van der Waals surface area contributed by atoms with Crippen molar-refractivity contribution in [3.8, 4) is 0 Å². The van der Waals surface area contributed by atoms with Gasteiger partial charge in [-0.05, 0) is 65.7 Å². The standard InChI is InChI=1S/C52H53FN6O6Si/c1-35-50(66(2,3)53)46(32-49(63)56(28-29-60)33-36-14-7-4-8-15-36)65-52(35)42-31-41(59-48(62)27-24-44(55-59)39-19-11-6-12-20-39)22-25-45(42)57(51(52)64)34-37-16-13-21-40(30-37)58-47(61)26-23-43(54-58)38-17-9-5-10-18-38/h4-22,25,30-31,35,46,50,60H,23-24,26-29,32-34H2,1-3H3/t35-,46+,50-,52+/m0/s1. The maximum atomic E-state index is 17.0. The Morgan fingerprint density at radius 1 is 0.758 bits per heavy atom. The van der Waals surface area contributed by atoms with E-state index >= 15 is 8.90 Å². The van der Waals surface area contributed by atoms with Gasteiger partial charge in [0.2, 0.25) is 26.1 Å². The average Bonchev–Trinajstić information content (AvgIpc) is 3.75. The average molecular weight is 905 g/mol. The first-order valence-electron chi connectivity index (χ1n) is 22.6. The zero-order chi connectivity index (χ0) is 46.2. The largest absolute Gasteiger partial charge is 0.395 e. The maximum absolute atomic E-state index is 17.0. The van der Waals surface area contributed by atoms with E-state index in [1.165, 1.54) is 10.0 Å². The Kier molecular flexibility index (Phi) is 12.4. The van der Waals surface area contributed by atoms with E-state index in [2.05, 4.69) is 0 Å². The SMILES string of the molecule is C[C@H]1[C@H]([Si](C)(C)F)[C@@H](CC(=O)N(CCO)Cc2ccccc2)O[C@]12C(=O)N(Cc1cccc(N3N=C(c4ccccc4)CCC3=O)c1)c1ccc(N3N=C(c4ccccc4)CCC3=O)cc12. The normalized spacial score (nSPS) is 21.9. The smallest absolute Gasteiger partial charge is 0.264 e. The zero-order valence-corrected chi connectivity index (χ0v) is 38.3. The van der Waals surface area contributed by atoms with E-state index in [-0.39, 0.29) is 63.2 Å². The first-order valence-corrected chi connectivity index (χ1v) is 25.6. The van der Waals surface area contributed by atoms with E-state index in [1.54, 1.807) is 41.1 Å². The molecule has 4 atom stereocenters. The number of hydrazone groups is 2. The number of anilines is 3. The lowest BCUT2D eigenvalue weighted by molar-refractivity contribution is -0.150. The summed E-state index contributed by atoms with van der Waals surface area (Å²) in [5.41, 5.74) is 4.38. The van der Waals surface area contributed by atoms with Crippen LogP contribution in [0.4, 0.5) is 21.2 Å². The minimum atomic E-state index is -3.70. The predicted octanol–water partition coefficient (Wildman–Crippen LogP) is 8.48. The van der Waals surface area contributed by atoms with Gasteiger partial charge < -0.3 is 23.8 Å². The molecule has 5 aromatic carbocycles. The van der Waals surface area contributed by atoms with Crippen molar-refractivity contribution >= 4 is 60.5 Å². The molecule has 1 fully saturated rings. The first-order chi connectivity index (χ1) is 31.8. The zero-order valence-electron chi connectivity index (χ0n) is 37.3. The molecular formula is C52H53FN6O6Si. The van der Waals surface area contributed by atoms with Gasteiger partial charge in [-0.3, -0.25) is 19.2 Å². The van der Waals surface area contributed by atoms with Crippen molar-refractivity contribution in [2.24, 2.45) is 16.1 Å². The highest BCUT2D eigenvalue weighted by Gasteiger charge is 2.67. The van der Waals surface area contributed by atoms with Crippen LogP contribution in [0.2, 0.25) is 18.6 Å². The van der Waals surface area contributed by atoms with Crippen LogP contribution >= 0.6 is 0 Å². The molecule has 1 spiro atoms. The third kappa shape index (κ3) is 8.51. The van der Waals surface area contributed by atoms with E-state index < -0.39 is 37.5 Å². The monoisotopic (exact) mass is 904 g/mol. The van der Waals surface area contributed by atoms with Crippen LogP contribution in [-0.2, 0) is 42.6 Å². The van der Waals surface area contributed by atoms with Gasteiger partial charge in [0.1, 0.15) is 0 Å². The van der Waals surface area contributed by atoms with Crippen LogP contribution in [0, 0.1) is 5.92 Å². The van der Waals surface area contributed by atoms with Crippen molar-refractivity contribution in [1.82, 2.24) is 4.90 Å². The number of ether oxygens (including phenoxy) is 1. The molecule has 12 nitrogen and oxygen atoms in total.